The SMILES string of the molecule is C=CCOc1c([Si](C)(C)C)cc(C)cc1[Si](CC)(CC)C1c2cc(-c3ccccc3)ccc2-c2ccc(-c3ccccc3)cc21. The van der Waals surface area contributed by atoms with E-state index in [0.29, 0.717) is 12.1 Å². The van der Waals surface area contributed by atoms with E-state index in [0.717, 1.165) is 17.8 Å². The second kappa shape index (κ2) is 12.5. The molecule has 0 N–H and O–H groups in total. The summed E-state index contributed by atoms with van der Waals surface area (Å²) in [4.78, 5) is 0. The summed E-state index contributed by atoms with van der Waals surface area (Å²) in [5.74, 6) is 1.16. The molecule has 0 fully saturated rings. The van der Waals surface area contributed by atoms with Crippen molar-refractivity contribution in [3.05, 3.63) is 139 Å². The molecule has 45 heavy (non-hydrogen) atoms. The zero-order valence-corrected chi connectivity index (χ0v) is 29.8. The lowest BCUT2D eigenvalue weighted by atomic mass is 9.98. The smallest absolute Gasteiger partial charge is 0.118 e. The predicted molar refractivity (Wildman–Crippen MR) is 201 cm³/mol. The van der Waals surface area contributed by atoms with Gasteiger partial charge in [-0.05, 0) is 61.8 Å². The highest BCUT2D eigenvalue weighted by Crippen LogP contribution is 2.53. The Labute approximate surface area is 272 Å². The predicted octanol–water partition coefficient (Wildman–Crippen LogP) is 10.5. The van der Waals surface area contributed by atoms with Crippen LogP contribution in [0, 0.1) is 6.92 Å². The summed E-state index contributed by atoms with van der Waals surface area (Å²) in [6.45, 7) is 19.1. The Hall–Kier alpha value is -3.93. The molecule has 0 amide bonds. The number of rotatable bonds is 10. The Morgan fingerprint density at radius 1 is 0.644 bits per heavy atom. The van der Waals surface area contributed by atoms with Gasteiger partial charge in [-0.3, -0.25) is 0 Å². The molecule has 0 aliphatic heterocycles. The van der Waals surface area contributed by atoms with Gasteiger partial charge < -0.3 is 4.74 Å². The molecule has 0 spiro atoms. The van der Waals surface area contributed by atoms with Gasteiger partial charge in [0.05, 0.1) is 8.07 Å². The fraction of sp³-hybridized carbons (Fsp3) is 0.238. The first-order chi connectivity index (χ1) is 21.7. The van der Waals surface area contributed by atoms with E-state index in [-0.39, 0.29) is 0 Å². The van der Waals surface area contributed by atoms with Crippen LogP contribution in [0.5, 0.6) is 5.75 Å². The Kier molecular flexibility index (Phi) is 8.60. The molecule has 6 rings (SSSR count). The molecule has 1 aliphatic carbocycles. The second-order valence-corrected chi connectivity index (χ2v) is 23.6. The van der Waals surface area contributed by atoms with Crippen LogP contribution < -0.4 is 15.1 Å². The molecule has 0 atom stereocenters. The van der Waals surface area contributed by atoms with E-state index in [1.54, 1.807) is 0 Å². The van der Waals surface area contributed by atoms with Crippen molar-refractivity contribution in [2.24, 2.45) is 0 Å². The van der Waals surface area contributed by atoms with Crippen LogP contribution in [-0.2, 0) is 0 Å². The molecule has 0 unspecified atom stereocenters. The van der Waals surface area contributed by atoms with Crippen LogP contribution in [0.4, 0.5) is 0 Å². The fourth-order valence-corrected chi connectivity index (χ4v) is 14.6. The Bertz CT molecular complexity index is 1740. The standard InChI is InChI=1S/C42H46OSi2/c1-8-25-43-41-39(44(5,6)7)26-30(4)27-40(41)45(9-2,10-3)42-37-28-33(31-17-13-11-14-18-31)21-23-35(37)36-24-22-34(29-38(36)42)32-19-15-12-16-20-32/h8,11-24,26-29,42H,1,9-10,25H2,2-7H3. The van der Waals surface area contributed by atoms with Crippen molar-refractivity contribution in [1.82, 2.24) is 0 Å². The molecule has 0 saturated carbocycles. The molecule has 5 aromatic carbocycles. The van der Waals surface area contributed by atoms with Gasteiger partial charge in [-0.2, -0.15) is 0 Å². The number of hydrogen-bond donors (Lipinski definition) is 0. The number of hydrogen-bond acceptors (Lipinski definition) is 1. The highest BCUT2D eigenvalue weighted by Gasteiger charge is 2.48. The quantitative estimate of drug-likeness (QED) is 0.111. The van der Waals surface area contributed by atoms with E-state index in [2.05, 4.69) is 156 Å². The van der Waals surface area contributed by atoms with Gasteiger partial charge in [-0.25, -0.2) is 0 Å². The van der Waals surface area contributed by atoms with Crippen molar-refractivity contribution in [2.75, 3.05) is 6.61 Å². The number of benzene rings is 5. The maximum absolute atomic E-state index is 6.78. The molecule has 0 radical (unpaired) electrons. The lowest BCUT2D eigenvalue weighted by Gasteiger charge is -2.40. The molecule has 228 valence electrons. The van der Waals surface area contributed by atoms with Crippen LogP contribution >= 0.6 is 0 Å². The molecule has 0 aromatic heterocycles. The summed E-state index contributed by atoms with van der Waals surface area (Å²) in [7, 11) is -4.03. The van der Waals surface area contributed by atoms with E-state index >= 15 is 0 Å². The molecular formula is C42H46OSi2. The lowest BCUT2D eigenvalue weighted by molar-refractivity contribution is 0.368. The molecular weight excluding hydrogens is 577 g/mol. The topological polar surface area (TPSA) is 9.23 Å². The largest absolute Gasteiger partial charge is 0.490 e. The third kappa shape index (κ3) is 5.58. The van der Waals surface area contributed by atoms with Gasteiger partial charge in [-0.1, -0.05) is 173 Å². The van der Waals surface area contributed by atoms with Crippen molar-refractivity contribution in [2.45, 2.75) is 58.0 Å². The second-order valence-electron chi connectivity index (χ2n) is 13.7. The van der Waals surface area contributed by atoms with Crippen molar-refractivity contribution in [3.63, 3.8) is 0 Å². The summed E-state index contributed by atoms with van der Waals surface area (Å²) >= 11 is 0. The minimum atomic E-state index is -2.31. The molecule has 0 bridgehead atoms. The summed E-state index contributed by atoms with van der Waals surface area (Å²) in [6, 6.07) is 43.4. The van der Waals surface area contributed by atoms with Gasteiger partial charge in [0.1, 0.15) is 20.4 Å². The van der Waals surface area contributed by atoms with Crippen molar-refractivity contribution in [3.8, 4) is 39.1 Å². The first kappa shape index (κ1) is 31.1. The minimum Gasteiger partial charge on any atom is -0.490 e. The summed E-state index contributed by atoms with van der Waals surface area (Å²) in [5.41, 5.74) is 12.5. The fourth-order valence-electron chi connectivity index (χ4n) is 7.67. The van der Waals surface area contributed by atoms with Gasteiger partial charge in [-0.15, -0.1) is 0 Å². The van der Waals surface area contributed by atoms with Crippen molar-refractivity contribution < 1.29 is 4.74 Å². The number of ether oxygens (including phenoxy) is 1. The monoisotopic (exact) mass is 622 g/mol. The van der Waals surface area contributed by atoms with Crippen LogP contribution in [-0.4, -0.2) is 22.8 Å². The number of fused-ring (bicyclic) bond motifs is 3. The highest BCUT2D eigenvalue weighted by atomic mass is 28.3. The third-order valence-corrected chi connectivity index (χ3v) is 17.6. The lowest BCUT2D eigenvalue weighted by Crippen LogP contribution is -2.55. The van der Waals surface area contributed by atoms with Crippen LogP contribution in [0.25, 0.3) is 33.4 Å². The van der Waals surface area contributed by atoms with E-state index in [9.17, 15) is 0 Å². The average molecular weight is 623 g/mol. The molecule has 3 heteroatoms. The normalized spacial score (nSPS) is 12.9. The van der Waals surface area contributed by atoms with Gasteiger partial charge in [0, 0.05) is 5.54 Å². The maximum Gasteiger partial charge on any atom is 0.118 e. The first-order valence-electron chi connectivity index (χ1n) is 16.5. The maximum atomic E-state index is 6.78. The summed E-state index contributed by atoms with van der Waals surface area (Å²) in [6.07, 6.45) is 1.90. The summed E-state index contributed by atoms with van der Waals surface area (Å²) < 4.78 is 6.78. The van der Waals surface area contributed by atoms with Gasteiger partial charge in [0.15, 0.2) is 0 Å². The van der Waals surface area contributed by atoms with Crippen LogP contribution in [0.2, 0.25) is 31.7 Å². The van der Waals surface area contributed by atoms with E-state index in [4.69, 9.17) is 4.74 Å². The number of aryl methyl sites for hydroxylation is 1. The van der Waals surface area contributed by atoms with Crippen molar-refractivity contribution in [1.29, 1.82) is 0 Å². The molecule has 5 aromatic rings. The molecule has 0 heterocycles. The van der Waals surface area contributed by atoms with Gasteiger partial charge in [0.25, 0.3) is 0 Å². The van der Waals surface area contributed by atoms with Gasteiger partial charge >= 0.3 is 0 Å². The van der Waals surface area contributed by atoms with Crippen LogP contribution in [0.15, 0.2) is 122 Å². The van der Waals surface area contributed by atoms with E-state index in [1.165, 1.54) is 60.4 Å². The van der Waals surface area contributed by atoms with Crippen LogP contribution in [0.1, 0.15) is 36.1 Å². The first-order valence-corrected chi connectivity index (χ1v) is 22.5. The Morgan fingerprint density at radius 3 is 1.58 bits per heavy atom. The van der Waals surface area contributed by atoms with E-state index < -0.39 is 16.1 Å². The Balaban J connectivity index is 1.67. The molecule has 0 saturated heterocycles. The average Bonchev–Trinajstić information content (AvgIpc) is 3.39. The molecule has 1 nitrogen and oxygen atoms in total. The highest BCUT2D eigenvalue weighted by molar-refractivity contribution is 6.96. The zero-order chi connectivity index (χ0) is 31.8. The molecule has 1 aliphatic rings. The van der Waals surface area contributed by atoms with E-state index in [1.807, 2.05) is 6.08 Å². The van der Waals surface area contributed by atoms with Gasteiger partial charge in [0.2, 0.25) is 0 Å². The summed E-state index contributed by atoms with van der Waals surface area (Å²) in [5, 5.41) is 2.93. The van der Waals surface area contributed by atoms with Crippen LogP contribution in [0.3, 0.4) is 0 Å². The zero-order valence-electron chi connectivity index (χ0n) is 27.8. The third-order valence-electron chi connectivity index (χ3n) is 9.97. The minimum absolute atomic E-state index is 0.312. The van der Waals surface area contributed by atoms with Crippen molar-refractivity contribution >= 4 is 26.5 Å². The Morgan fingerprint density at radius 2 is 1.13 bits per heavy atom.